The highest BCUT2D eigenvalue weighted by Gasteiger charge is 2.19. The Hall–Kier alpha value is -2.21. The monoisotopic (exact) mass is 388 g/mol. The molecular formula is C22H36N4O2. The number of methoxy groups -OCH3 is 1. The average molecular weight is 389 g/mol. The third-order valence-corrected chi connectivity index (χ3v) is 4.65. The Bertz CT molecular complexity index is 625. The molecule has 1 aromatic carbocycles. The number of nitrogens with zero attached hydrogens (tertiary/aromatic N) is 2. The standard InChI is InChI=1S/C22H36N4O2/c1-5-23-22(25-19-10-13-26(14-11-19)17-18(2)3)24-12-7-15-28-21-9-6-8-20(16-21)27-4/h6,8-9,16,19H,2,5,7,10-15,17H2,1,3-4H3,(H2,23,24,25). The summed E-state index contributed by atoms with van der Waals surface area (Å²) in [6.07, 6.45) is 3.14. The predicted octanol–water partition coefficient (Wildman–Crippen LogP) is 3.06. The molecule has 1 fully saturated rings. The van der Waals surface area contributed by atoms with Crippen molar-refractivity contribution in [1.82, 2.24) is 15.5 Å². The van der Waals surface area contributed by atoms with Gasteiger partial charge in [-0.3, -0.25) is 9.89 Å². The smallest absolute Gasteiger partial charge is 0.191 e. The van der Waals surface area contributed by atoms with Crippen LogP contribution in [0, 0.1) is 0 Å². The lowest BCUT2D eigenvalue weighted by Crippen LogP contribution is -2.48. The Morgan fingerprint density at radius 1 is 1.29 bits per heavy atom. The molecule has 2 rings (SSSR count). The lowest BCUT2D eigenvalue weighted by atomic mass is 10.0. The minimum absolute atomic E-state index is 0.479. The van der Waals surface area contributed by atoms with Gasteiger partial charge in [0.15, 0.2) is 5.96 Å². The van der Waals surface area contributed by atoms with Crippen LogP contribution in [0.15, 0.2) is 41.4 Å². The summed E-state index contributed by atoms with van der Waals surface area (Å²) in [4.78, 5) is 7.17. The normalized spacial score (nSPS) is 15.9. The number of ether oxygens (including phenoxy) is 2. The molecule has 0 radical (unpaired) electrons. The first-order chi connectivity index (χ1) is 13.6. The van der Waals surface area contributed by atoms with Crippen LogP contribution < -0.4 is 20.1 Å². The summed E-state index contributed by atoms with van der Waals surface area (Å²) in [6, 6.07) is 8.16. The van der Waals surface area contributed by atoms with Crippen molar-refractivity contribution in [3.05, 3.63) is 36.4 Å². The van der Waals surface area contributed by atoms with Crippen LogP contribution in [0.5, 0.6) is 11.5 Å². The first-order valence-electron chi connectivity index (χ1n) is 10.3. The van der Waals surface area contributed by atoms with Crippen LogP contribution >= 0.6 is 0 Å². The fourth-order valence-electron chi connectivity index (χ4n) is 3.27. The molecule has 1 saturated heterocycles. The number of aliphatic imine (C=N–C) groups is 1. The van der Waals surface area contributed by atoms with E-state index in [-0.39, 0.29) is 0 Å². The summed E-state index contributed by atoms with van der Waals surface area (Å²) in [5, 5.41) is 6.94. The molecule has 0 aliphatic carbocycles. The molecule has 0 bridgehead atoms. The third kappa shape index (κ3) is 8.21. The van der Waals surface area contributed by atoms with E-state index in [9.17, 15) is 0 Å². The number of nitrogens with one attached hydrogen (secondary N) is 2. The summed E-state index contributed by atoms with van der Waals surface area (Å²) in [7, 11) is 1.66. The Balaban J connectivity index is 1.70. The lowest BCUT2D eigenvalue weighted by Gasteiger charge is -2.33. The molecule has 2 N–H and O–H groups in total. The molecule has 0 spiro atoms. The van der Waals surface area contributed by atoms with Crippen molar-refractivity contribution in [3.8, 4) is 11.5 Å². The Morgan fingerprint density at radius 3 is 2.71 bits per heavy atom. The SMILES string of the molecule is C=C(C)CN1CCC(NC(=NCCCOc2cccc(OC)c2)NCC)CC1. The lowest BCUT2D eigenvalue weighted by molar-refractivity contribution is 0.221. The molecule has 6 nitrogen and oxygen atoms in total. The van der Waals surface area contributed by atoms with Gasteiger partial charge in [0.25, 0.3) is 0 Å². The summed E-state index contributed by atoms with van der Waals surface area (Å²) in [5.74, 6) is 2.54. The highest BCUT2D eigenvalue weighted by molar-refractivity contribution is 5.80. The molecule has 6 heteroatoms. The molecule has 0 amide bonds. The van der Waals surface area contributed by atoms with E-state index in [1.54, 1.807) is 7.11 Å². The van der Waals surface area contributed by atoms with Crippen molar-refractivity contribution in [3.63, 3.8) is 0 Å². The topological polar surface area (TPSA) is 58.1 Å². The van der Waals surface area contributed by atoms with Crippen LogP contribution in [-0.4, -0.2) is 63.3 Å². The predicted molar refractivity (Wildman–Crippen MR) is 116 cm³/mol. The van der Waals surface area contributed by atoms with Gasteiger partial charge >= 0.3 is 0 Å². The van der Waals surface area contributed by atoms with Gasteiger partial charge in [-0.05, 0) is 38.8 Å². The molecule has 1 aromatic rings. The van der Waals surface area contributed by atoms with Crippen LogP contribution in [0.4, 0.5) is 0 Å². The Kier molecular flexibility index (Phi) is 9.69. The molecule has 156 valence electrons. The molecule has 1 heterocycles. The van der Waals surface area contributed by atoms with Crippen LogP contribution in [-0.2, 0) is 0 Å². The number of piperidine rings is 1. The second-order valence-corrected chi connectivity index (χ2v) is 7.29. The molecule has 0 unspecified atom stereocenters. The average Bonchev–Trinajstić information content (AvgIpc) is 2.69. The largest absolute Gasteiger partial charge is 0.497 e. The summed E-state index contributed by atoms with van der Waals surface area (Å²) < 4.78 is 11.0. The van der Waals surface area contributed by atoms with Crippen molar-refractivity contribution >= 4 is 5.96 Å². The minimum Gasteiger partial charge on any atom is -0.497 e. The van der Waals surface area contributed by atoms with Gasteiger partial charge < -0.3 is 20.1 Å². The van der Waals surface area contributed by atoms with Crippen molar-refractivity contribution in [2.24, 2.45) is 4.99 Å². The summed E-state index contributed by atoms with van der Waals surface area (Å²) in [6.45, 7) is 13.7. The number of benzene rings is 1. The zero-order valence-electron chi connectivity index (χ0n) is 17.7. The zero-order chi connectivity index (χ0) is 20.2. The maximum atomic E-state index is 5.78. The maximum Gasteiger partial charge on any atom is 0.191 e. The second-order valence-electron chi connectivity index (χ2n) is 7.29. The third-order valence-electron chi connectivity index (χ3n) is 4.65. The quantitative estimate of drug-likeness (QED) is 0.279. The van der Waals surface area contributed by atoms with Crippen LogP contribution in [0.3, 0.4) is 0 Å². The summed E-state index contributed by atoms with van der Waals surface area (Å²) in [5.41, 5.74) is 1.23. The van der Waals surface area contributed by atoms with Gasteiger partial charge in [0.1, 0.15) is 11.5 Å². The Morgan fingerprint density at radius 2 is 2.04 bits per heavy atom. The van der Waals surface area contributed by atoms with Crippen molar-refractivity contribution in [2.75, 3.05) is 46.4 Å². The first-order valence-corrected chi connectivity index (χ1v) is 10.3. The molecule has 1 aliphatic heterocycles. The molecule has 0 aromatic heterocycles. The van der Waals surface area contributed by atoms with E-state index in [0.29, 0.717) is 12.6 Å². The molecule has 0 atom stereocenters. The number of guanidine groups is 1. The van der Waals surface area contributed by atoms with E-state index in [2.05, 4.69) is 36.0 Å². The van der Waals surface area contributed by atoms with Crippen molar-refractivity contribution in [2.45, 2.75) is 39.2 Å². The molecule has 28 heavy (non-hydrogen) atoms. The van der Waals surface area contributed by atoms with Gasteiger partial charge in [0.05, 0.1) is 13.7 Å². The van der Waals surface area contributed by atoms with E-state index < -0.39 is 0 Å². The van der Waals surface area contributed by atoms with Crippen molar-refractivity contribution < 1.29 is 9.47 Å². The number of likely N-dealkylation sites (tertiary alicyclic amines) is 1. The summed E-state index contributed by atoms with van der Waals surface area (Å²) >= 11 is 0. The Labute approximate surface area is 170 Å². The van der Waals surface area contributed by atoms with Gasteiger partial charge in [-0.2, -0.15) is 0 Å². The van der Waals surface area contributed by atoms with Gasteiger partial charge in [-0.25, -0.2) is 0 Å². The van der Waals surface area contributed by atoms with Gasteiger partial charge in [-0.15, -0.1) is 0 Å². The highest BCUT2D eigenvalue weighted by Crippen LogP contribution is 2.18. The van der Waals surface area contributed by atoms with Gasteiger partial charge in [0, 0.05) is 51.3 Å². The van der Waals surface area contributed by atoms with Crippen LogP contribution in [0.1, 0.15) is 33.1 Å². The zero-order valence-corrected chi connectivity index (χ0v) is 17.7. The first kappa shape index (κ1) is 22.1. The fraction of sp³-hybridized carbons (Fsp3) is 0.591. The van der Waals surface area contributed by atoms with Crippen LogP contribution in [0.2, 0.25) is 0 Å². The molecule has 1 aliphatic rings. The minimum atomic E-state index is 0.479. The maximum absolute atomic E-state index is 5.78. The highest BCUT2D eigenvalue weighted by atomic mass is 16.5. The van der Waals surface area contributed by atoms with E-state index in [1.807, 2.05) is 24.3 Å². The van der Waals surface area contributed by atoms with Crippen molar-refractivity contribution in [1.29, 1.82) is 0 Å². The van der Waals surface area contributed by atoms with Crippen LogP contribution in [0.25, 0.3) is 0 Å². The van der Waals surface area contributed by atoms with Gasteiger partial charge in [0.2, 0.25) is 0 Å². The second kappa shape index (κ2) is 12.3. The number of hydrogen-bond acceptors (Lipinski definition) is 4. The number of rotatable bonds is 10. The fourth-order valence-corrected chi connectivity index (χ4v) is 3.27. The van der Waals surface area contributed by atoms with E-state index >= 15 is 0 Å². The van der Waals surface area contributed by atoms with E-state index in [0.717, 1.165) is 69.4 Å². The van der Waals surface area contributed by atoms with Gasteiger partial charge in [-0.1, -0.05) is 18.2 Å². The number of hydrogen-bond donors (Lipinski definition) is 2. The molecule has 0 saturated carbocycles. The van der Waals surface area contributed by atoms with E-state index in [4.69, 9.17) is 14.5 Å². The van der Waals surface area contributed by atoms with E-state index in [1.165, 1.54) is 5.57 Å². The molecular weight excluding hydrogens is 352 g/mol.